The van der Waals surface area contributed by atoms with E-state index in [9.17, 15) is 13.9 Å². The van der Waals surface area contributed by atoms with Crippen molar-refractivity contribution in [1.29, 1.82) is 0 Å². The molecule has 0 aliphatic heterocycles. The second-order valence-electron chi connectivity index (χ2n) is 6.47. The van der Waals surface area contributed by atoms with Gasteiger partial charge in [-0.05, 0) is 17.7 Å². The van der Waals surface area contributed by atoms with Gasteiger partial charge in [0.2, 0.25) is 0 Å². The Kier molecular flexibility index (Phi) is 5.04. The Hall–Kier alpha value is -2.73. The van der Waals surface area contributed by atoms with Crippen molar-refractivity contribution in [1.82, 2.24) is 9.55 Å². The van der Waals surface area contributed by atoms with E-state index in [0.29, 0.717) is 17.9 Å². The van der Waals surface area contributed by atoms with Gasteiger partial charge in [0.15, 0.2) is 0 Å². The number of rotatable bonds is 6. The summed E-state index contributed by atoms with van der Waals surface area (Å²) >= 11 is 0. The Morgan fingerprint density at radius 3 is 2.54 bits per heavy atom. The van der Waals surface area contributed by atoms with Crippen LogP contribution in [0, 0.1) is 0 Å². The predicted octanol–water partition coefficient (Wildman–Crippen LogP) is 3.83. The Labute approximate surface area is 150 Å². The number of hydrogen-bond acceptors (Lipinski definition) is 3. The van der Waals surface area contributed by atoms with Crippen LogP contribution in [0.25, 0.3) is 11.3 Å². The number of hydrogen-bond donors (Lipinski definition) is 2. The third-order valence-electron chi connectivity index (χ3n) is 4.32. The fourth-order valence-electron chi connectivity index (χ4n) is 2.83. The lowest BCUT2D eigenvalue weighted by atomic mass is 10.0. The van der Waals surface area contributed by atoms with Gasteiger partial charge in [-0.2, -0.15) is 0 Å². The lowest BCUT2D eigenvalue weighted by Crippen LogP contribution is -2.40. The van der Waals surface area contributed by atoms with Crippen LogP contribution in [-0.4, -0.2) is 26.6 Å². The quantitative estimate of drug-likeness (QED) is 0.705. The summed E-state index contributed by atoms with van der Waals surface area (Å²) in [6, 6.07) is 14.9. The first kappa shape index (κ1) is 18.1. The van der Waals surface area contributed by atoms with Crippen molar-refractivity contribution in [3.05, 3.63) is 72.2 Å². The second kappa shape index (κ2) is 7.25. The first-order valence-corrected chi connectivity index (χ1v) is 8.35. The molecule has 3 rings (SSSR count). The van der Waals surface area contributed by atoms with Crippen molar-refractivity contribution in [2.24, 2.45) is 5.73 Å². The number of alkyl halides is 2. The number of nitrogens with zero attached hydrogens (tertiary/aromatic N) is 2. The van der Waals surface area contributed by atoms with E-state index in [2.05, 4.69) is 4.98 Å². The third-order valence-corrected chi connectivity index (χ3v) is 4.32. The molecule has 0 aliphatic rings. The minimum absolute atomic E-state index is 0.00740. The minimum atomic E-state index is -2.99. The average Bonchev–Trinajstić information content (AvgIpc) is 2.97. The summed E-state index contributed by atoms with van der Waals surface area (Å²) in [6.07, 6.45) is 1.62. The van der Waals surface area contributed by atoms with Crippen LogP contribution in [-0.2, 0) is 13.0 Å². The van der Waals surface area contributed by atoms with Crippen LogP contribution >= 0.6 is 0 Å². The van der Waals surface area contributed by atoms with Crippen molar-refractivity contribution in [3.63, 3.8) is 0 Å². The Balaban J connectivity index is 2.00. The maximum atomic E-state index is 13.7. The lowest BCUT2D eigenvalue weighted by Gasteiger charge is -2.21. The zero-order chi connectivity index (χ0) is 18.7. The van der Waals surface area contributed by atoms with Gasteiger partial charge in [-0.25, -0.2) is 13.8 Å². The zero-order valence-electron chi connectivity index (χ0n) is 14.4. The van der Waals surface area contributed by atoms with Gasteiger partial charge < -0.3 is 15.4 Å². The number of nitrogens with two attached hydrogens (primary N) is 1. The van der Waals surface area contributed by atoms with Crippen LogP contribution in [0.15, 0.2) is 60.9 Å². The largest absolute Gasteiger partial charge is 0.508 e. The van der Waals surface area contributed by atoms with Crippen molar-refractivity contribution in [2.45, 2.75) is 31.9 Å². The highest BCUT2D eigenvalue weighted by atomic mass is 19.3. The maximum Gasteiger partial charge on any atom is 0.260 e. The standard InChI is InChI=1S/C20H21F2N3O/c1-20(21,22)18(23)11-17-19(15-7-3-2-4-8-15)24-13-25(17)12-14-6-5-9-16(26)10-14/h2-10,13,18,26H,11-12,23H2,1H3. The number of benzene rings is 2. The smallest absolute Gasteiger partial charge is 0.260 e. The van der Waals surface area contributed by atoms with E-state index in [0.717, 1.165) is 18.1 Å². The van der Waals surface area contributed by atoms with Crippen molar-refractivity contribution < 1.29 is 13.9 Å². The minimum Gasteiger partial charge on any atom is -0.508 e. The summed E-state index contributed by atoms with van der Waals surface area (Å²) in [5, 5.41) is 9.65. The van der Waals surface area contributed by atoms with Crippen LogP contribution in [0.5, 0.6) is 5.75 Å². The fourth-order valence-corrected chi connectivity index (χ4v) is 2.83. The summed E-state index contributed by atoms with van der Waals surface area (Å²) in [5.74, 6) is -2.84. The molecule has 0 saturated heterocycles. The van der Waals surface area contributed by atoms with Crippen LogP contribution in [0.4, 0.5) is 8.78 Å². The van der Waals surface area contributed by atoms with Gasteiger partial charge in [-0.3, -0.25) is 0 Å². The van der Waals surface area contributed by atoms with Crippen LogP contribution < -0.4 is 5.73 Å². The maximum absolute atomic E-state index is 13.7. The molecule has 0 radical (unpaired) electrons. The first-order valence-electron chi connectivity index (χ1n) is 8.35. The van der Waals surface area contributed by atoms with E-state index in [1.54, 1.807) is 24.5 Å². The Bertz CT molecular complexity index is 872. The van der Waals surface area contributed by atoms with E-state index in [-0.39, 0.29) is 12.2 Å². The second-order valence-corrected chi connectivity index (χ2v) is 6.47. The molecular weight excluding hydrogens is 336 g/mol. The molecule has 0 saturated carbocycles. The molecule has 0 bridgehead atoms. The van der Waals surface area contributed by atoms with E-state index in [4.69, 9.17) is 5.73 Å². The molecule has 0 aliphatic carbocycles. The molecule has 4 nitrogen and oxygen atoms in total. The Morgan fingerprint density at radius 2 is 1.88 bits per heavy atom. The van der Waals surface area contributed by atoms with E-state index < -0.39 is 12.0 Å². The van der Waals surface area contributed by atoms with E-state index in [1.807, 2.05) is 41.0 Å². The molecule has 3 aromatic rings. The van der Waals surface area contributed by atoms with Gasteiger partial charge in [-0.1, -0.05) is 42.5 Å². The third kappa shape index (κ3) is 4.08. The lowest BCUT2D eigenvalue weighted by molar-refractivity contribution is -0.00555. The SMILES string of the molecule is CC(F)(F)C(N)Cc1c(-c2ccccc2)ncn1Cc1cccc(O)c1. The number of imidazole rings is 1. The highest BCUT2D eigenvalue weighted by Crippen LogP contribution is 2.27. The molecule has 0 fully saturated rings. The number of phenolic OH excluding ortho intramolecular Hbond substituents is 1. The topological polar surface area (TPSA) is 64.1 Å². The molecule has 3 N–H and O–H groups in total. The molecule has 0 spiro atoms. The molecule has 26 heavy (non-hydrogen) atoms. The number of aromatic hydroxyl groups is 1. The van der Waals surface area contributed by atoms with E-state index in [1.165, 1.54) is 0 Å². The highest BCUT2D eigenvalue weighted by Gasteiger charge is 2.32. The molecule has 1 unspecified atom stereocenters. The van der Waals surface area contributed by atoms with Crippen molar-refractivity contribution in [2.75, 3.05) is 0 Å². The summed E-state index contributed by atoms with van der Waals surface area (Å²) in [6.45, 7) is 1.24. The van der Waals surface area contributed by atoms with Gasteiger partial charge in [0.1, 0.15) is 5.75 Å². The van der Waals surface area contributed by atoms with Crippen LogP contribution in [0.1, 0.15) is 18.2 Å². The summed E-state index contributed by atoms with van der Waals surface area (Å²) in [7, 11) is 0. The molecule has 0 amide bonds. The average molecular weight is 357 g/mol. The number of phenols is 1. The van der Waals surface area contributed by atoms with Crippen molar-refractivity contribution >= 4 is 0 Å². The summed E-state index contributed by atoms with van der Waals surface area (Å²) in [5.41, 5.74) is 8.73. The number of halogens is 2. The van der Waals surface area contributed by atoms with Crippen LogP contribution in [0.2, 0.25) is 0 Å². The fraction of sp³-hybridized carbons (Fsp3) is 0.250. The van der Waals surface area contributed by atoms with Gasteiger partial charge in [0.05, 0.1) is 18.1 Å². The van der Waals surface area contributed by atoms with Gasteiger partial charge in [0.25, 0.3) is 5.92 Å². The molecule has 1 heterocycles. The van der Waals surface area contributed by atoms with E-state index >= 15 is 0 Å². The molecule has 136 valence electrons. The molecule has 2 aromatic carbocycles. The number of aromatic nitrogens is 2. The summed E-state index contributed by atoms with van der Waals surface area (Å²) in [4.78, 5) is 4.44. The molecule has 1 atom stereocenters. The highest BCUT2D eigenvalue weighted by molar-refractivity contribution is 5.62. The molecular formula is C20H21F2N3O. The zero-order valence-corrected chi connectivity index (χ0v) is 14.4. The first-order chi connectivity index (χ1) is 12.3. The monoisotopic (exact) mass is 357 g/mol. The molecule has 1 aromatic heterocycles. The normalized spacial score (nSPS) is 12.9. The van der Waals surface area contributed by atoms with Gasteiger partial charge in [-0.15, -0.1) is 0 Å². The molecule has 6 heteroatoms. The van der Waals surface area contributed by atoms with Crippen molar-refractivity contribution in [3.8, 4) is 17.0 Å². The van der Waals surface area contributed by atoms with Gasteiger partial charge >= 0.3 is 0 Å². The Morgan fingerprint density at radius 1 is 1.15 bits per heavy atom. The van der Waals surface area contributed by atoms with Gasteiger partial charge in [0, 0.05) is 31.1 Å². The summed E-state index contributed by atoms with van der Waals surface area (Å²) < 4.78 is 29.1. The van der Waals surface area contributed by atoms with Crippen LogP contribution in [0.3, 0.4) is 0 Å². The predicted molar refractivity (Wildman–Crippen MR) is 97.2 cm³/mol.